The van der Waals surface area contributed by atoms with Crippen LogP contribution in [0.25, 0.3) is 0 Å². The zero-order valence-electron chi connectivity index (χ0n) is 19.7. The van der Waals surface area contributed by atoms with E-state index < -0.39 is 21.1 Å². The third-order valence-corrected chi connectivity index (χ3v) is 14.6. The van der Waals surface area contributed by atoms with Crippen LogP contribution < -0.4 is 10.4 Å². The fourth-order valence-electron chi connectivity index (χ4n) is 4.18. The lowest BCUT2D eigenvalue weighted by Crippen LogP contribution is -2.67. The van der Waals surface area contributed by atoms with E-state index in [0.717, 1.165) is 0 Å². The van der Waals surface area contributed by atoms with Gasteiger partial charge in [0.2, 0.25) is 5.18 Å². The van der Waals surface area contributed by atoms with Crippen molar-refractivity contribution < 1.29 is 22.8 Å². The summed E-state index contributed by atoms with van der Waals surface area (Å²) in [5, 5.41) is 1.83. The summed E-state index contributed by atoms with van der Waals surface area (Å²) in [6.07, 6.45) is 0. The zero-order chi connectivity index (χ0) is 23.2. The van der Waals surface area contributed by atoms with Crippen LogP contribution >= 0.6 is 19.4 Å². The van der Waals surface area contributed by atoms with Crippen molar-refractivity contribution in [2.24, 2.45) is 0 Å². The normalized spacial score (nSPS) is 19.9. The first-order chi connectivity index (χ1) is 15.3. The molecule has 5 nitrogen and oxygen atoms in total. The lowest BCUT2D eigenvalue weighted by molar-refractivity contribution is 0.123. The van der Waals surface area contributed by atoms with Crippen LogP contribution in [0.3, 0.4) is 0 Å². The van der Waals surface area contributed by atoms with Crippen molar-refractivity contribution in [3.63, 3.8) is 0 Å². The fraction of sp³-hybridized carbons (Fsp3) is 0.500. The van der Waals surface area contributed by atoms with Crippen molar-refractivity contribution in [2.75, 3.05) is 26.4 Å². The molecular weight excluding hydrogens is 459 g/mol. The van der Waals surface area contributed by atoms with Gasteiger partial charge in [-0.3, -0.25) is 4.57 Å². The highest BCUT2D eigenvalue weighted by Crippen LogP contribution is 2.60. The third-order valence-electron chi connectivity index (χ3n) is 5.51. The van der Waals surface area contributed by atoms with Gasteiger partial charge >= 0.3 is 7.60 Å². The smallest absolute Gasteiger partial charge is 0.369 e. The Morgan fingerprint density at radius 2 is 1.47 bits per heavy atom. The van der Waals surface area contributed by atoms with Gasteiger partial charge in [-0.15, -0.1) is 11.8 Å². The molecule has 2 aromatic carbocycles. The first-order valence-electron chi connectivity index (χ1n) is 11.2. The first kappa shape index (κ1) is 25.7. The second kappa shape index (κ2) is 11.0. The summed E-state index contributed by atoms with van der Waals surface area (Å²) in [4.78, 5) is 0. The number of ether oxygens (including phenoxy) is 1. The molecule has 0 spiro atoms. The van der Waals surface area contributed by atoms with Crippen molar-refractivity contribution in [1.29, 1.82) is 0 Å². The fourth-order valence-corrected chi connectivity index (χ4v) is 12.5. The molecule has 1 aliphatic rings. The minimum absolute atomic E-state index is 0.0517. The molecule has 2 atom stereocenters. The molecule has 0 bridgehead atoms. The summed E-state index contributed by atoms with van der Waals surface area (Å²) < 4.78 is 37.0. The van der Waals surface area contributed by atoms with Crippen molar-refractivity contribution in [2.45, 2.75) is 50.1 Å². The van der Waals surface area contributed by atoms with E-state index in [0.29, 0.717) is 26.4 Å². The molecular formula is C24H35O5PSSi. The summed E-state index contributed by atoms with van der Waals surface area (Å²) in [6, 6.07) is 21.2. The van der Waals surface area contributed by atoms with Crippen LogP contribution in [0.5, 0.6) is 0 Å². The van der Waals surface area contributed by atoms with Gasteiger partial charge in [-0.2, -0.15) is 0 Å². The molecule has 32 heavy (non-hydrogen) atoms. The summed E-state index contributed by atoms with van der Waals surface area (Å²) >= 11 is 1.50. The van der Waals surface area contributed by atoms with Gasteiger partial charge in [0.15, 0.2) is 0 Å². The van der Waals surface area contributed by atoms with Crippen molar-refractivity contribution in [1.82, 2.24) is 0 Å². The van der Waals surface area contributed by atoms with Crippen LogP contribution in [0.15, 0.2) is 60.7 Å². The topological polar surface area (TPSA) is 54.0 Å². The molecule has 0 unspecified atom stereocenters. The maximum Gasteiger partial charge on any atom is 0.369 e. The van der Waals surface area contributed by atoms with E-state index in [1.54, 1.807) is 0 Å². The van der Waals surface area contributed by atoms with Crippen LogP contribution in [0.4, 0.5) is 0 Å². The van der Waals surface area contributed by atoms with E-state index in [9.17, 15) is 4.57 Å². The molecule has 8 heteroatoms. The molecule has 0 aliphatic carbocycles. The van der Waals surface area contributed by atoms with E-state index in [4.69, 9.17) is 18.2 Å². The summed E-state index contributed by atoms with van der Waals surface area (Å²) in [5.41, 5.74) is 0. The van der Waals surface area contributed by atoms with E-state index in [1.165, 1.54) is 22.1 Å². The Kier molecular flexibility index (Phi) is 8.83. The van der Waals surface area contributed by atoms with Gasteiger partial charge in [0.05, 0.1) is 25.1 Å². The third kappa shape index (κ3) is 5.41. The molecule has 0 saturated carbocycles. The van der Waals surface area contributed by atoms with Gasteiger partial charge < -0.3 is 18.2 Å². The Balaban J connectivity index is 1.87. The molecule has 3 rings (SSSR count). The van der Waals surface area contributed by atoms with Gasteiger partial charge in [-0.1, -0.05) is 81.4 Å². The average molecular weight is 495 g/mol. The molecule has 2 aromatic rings. The molecule has 0 N–H and O–H groups in total. The standard InChI is InChI=1S/C24H35O5PSSi/c1-6-27-30(25,28-7-2)23-26-18-20(31-23)19-29-32(24(3,4)5,21-14-10-8-11-15-21)22-16-12-9-13-17-22/h8-17,20,23H,6-7,18-19H2,1-5H3/t20-,23-/m1/s1. The molecule has 176 valence electrons. The van der Waals surface area contributed by atoms with Crippen molar-refractivity contribution in [3.8, 4) is 0 Å². The highest BCUT2D eigenvalue weighted by molar-refractivity contribution is 8.06. The quantitative estimate of drug-likeness (QED) is 0.332. The number of hydrogen-bond acceptors (Lipinski definition) is 6. The largest absolute Gasteiger partial charge is 0.406 e. The Labute approximate surface area is 197 Å². The Hall–Kier alpha value is -0.923. The number of rotatable bonds is 10. The van der Waals surface area contributed by atoms with Crippen LogP contribution in [0.2, 0.25) is 5.04 Å². The van der Waals surface area contributed by atoms with Crippen molar-refractivity contribution >= 4 is 38.0 Å². The van der Waals surface area contributed by atoms with Gasteiger partial charge in [0.25, 0.3) is 8.32 Å². The maximum atomic E-state index is 13.1. The van der Waals surface area contributed by atoms with Gasteiger partial charge in [-0.25, -0.2) is 0 Å². The molecule has 1 fully saturated rings. The number of benzene rings is 2. The molecule has 0 amide bonds. The second-order valence-electron chi connectivity index (χ2n) is 8.75. The number of thioether (sulfide) groups is 1. The second-order valence-corrected chi connectivity index (χ2v) is 16.8. The minimum atomic E-state index is -3.32. The minimum Gasteiger partial charge on any atom is -0.406 e. The zero-order valence-corrected chi connectivity index (χ0v) is 22.4. The Bertz CT molecular complexity index is 841. The van der Waals surface area contributed by atoms with E-state index in [1.807, 2.05) is 26.0 Å². The average Bonchev–Trinajstić information content (AvgIpc) is 3.25. The van der Waals surface area contributed by atoms with Crippen molar-refractivity contribution in [3.05, 3.63) is 60.7 Å². The van der Waals surface area contributed by atoms with Gasteiger partial charge in [0.1, 0.15) is 0 Å². The molecule has 0 radical (unpaired) electrons. The predicted molar refractivity (Wildman–Crippen MR) is 136 cm³/mol. The molecule has 1 aliphatic heterocycles. The van der Waals surface area contributed by atoms with Crippen LogP contribution in [-0.2, 0) is 22.8 Å². The van der Waals surface area contributed by atoms with E-state index >= 15 is 0 Å². The predicted octanol–water partition coefficient (Wildman–Crippen LogP) is 5.24. The van der Waals surface area contributed by atoms with Crippen LogP contribution in [0, 0.1) is 0 Å². The first-order valence-corrected chi connectivity index (χ1v) is 15.6. The Morgan fingerprint density at radius 3 is 1.91 bits per heavy atom. The maximum absolute atomic E-state index is 13.1. The van der Waals surface area contributed by atoms with Gasteiger partial charge in [0, 0.05) is 6.61 Å². The summed E-state index contributed by atoms with van der Waals surface area (Å²) in [5.74, 6) is 0. The molecule has 1 heterocycles. The molecule has 1 saturated heterocycles. The van der Waals surface area contributed by atoms with E-state index in [-0.39, 0.29) is 10.3 Å². The SMILES string of the molecule is CCOP(=O)(OCC)[C@H]1OC[C@H](CO[Si](c2ccccc2)(c2ccccc2)C(C)(C)C)S1. The monoisotopic (exact) mass is 494 g/mol. The summed E-state index contributed by atoms with van der Waals surface area (Å²) in [7, 11) is -5.94. The summed E-state index contributed by atoms with van der Waals surface area (Å²) in [6.45, 7) is 12.0. The lowest BCUT2D eigenvalue weighted by Gasteiger charge is -2.43. The van der Waals surface area contributed by atoms with Crippen LogP contribution in [0.1, 0.15) is 34.6 Å². The van der Waals surface area contributed by atoms with Gasteiger partial charge in [-0.05, 0) is 29.3 Å². The number of hydrogen-bond donors (Lipinski definition) is 0. The Morgan fingerprint density at radius 1 is 0.969 bits per heavy atom. The van der Waals surface area contributed by atoms with E-state index in [2.05, 4.69) is 69.3 Å². The lowest BCUT2D eigenvalue weighted by atomic mass is 10.2. The highest BCUT2D eigenvalue weighted by Gasteiger charge is 2.51. The highest BCUT2D eigenvalue weighted by atomic mass is 32.2. The van der Waals surface area contributed by atoms with Crippen LogP contribution in [-0.4, -0.2) is 45.2 Å². The molecule has 0 aromatic heterocycles.